The smallest absolute Gasteiger partial charge is 0.348 e. The zero-order chi connectivity index (χ0) is 17.1. The highest BCUT2D eigenvalue weighted by Crippen LogP contribution is 2.40. The summed E-state index contributed by atoms with van der Waals surface area (Å²) in [5.41, 5.74) is 2.88. The summed E-state index contributed by atoms with van der Waals surface area (Å²) in [6.45, 7) is 0. The van der Waals surface area contributed by atoms with Gasteiger partial charge in [0.05, 0.1) is 24.1 Å². The SMILES string of the molecule is COC(=O)c1cc(-c2nc(-c3cccc(OC)c3)cs2)c(SC)s1. The molecule has 2 aromatic heterocycles. The van der Waals surface area contributed by atoms with E-state index >= 15 is 0 Å². The third-order valence-corrected chi connectivity index (χ3v) is 6.50. The lowest BCUT2D eigenvalue weighted by molar-refractivity contribution is 0.0606. The molecule has 0 radical (unpaired) electrons. The minimum atomic E-state index is -0.314. The predicted octanol–water partition coefficient (Wildman–Crippen LogP) is 5.06. The molecule has 0 bridgehead atoms. The van der Waals surface area contributed by atoms with E-state index in [1.807, 2.05) is 42.0 Å². The van der Waals surface area contributed by atoms with Gasteiger partial charge in [0.2, 0.25) is 0 Å². The number of benzene rings is 1. The quantitative estimate of drug-likeness (QED) is 0.460. The molecule has 0 N–H and O–H groups in total. The van der Waals surface area contributed by atoms with Gasteiger partial charge in [-0.15, -0.1) is 34.4 Å². The van der Waals surface area contributed by atoms with E-state index in [2.05, 4.69) is 0 Å². The van der Waals surface area contributed by atoms with E-state index in [0.29, 0.717) is 4.88 Å². The summed E-state index contributed by atoms with van der Waals surface area (Å²) >= 11 is 4.60. The second-order valence-electron chi connectivity index (χ2n) is 4.78. The molecule has 124 valence electrons. The molecule has 0 amide bonds. The largest absolute Gasteiger partial charge is 0.497 e. The number of thiazole rings is 1. The number of aromatic nitrogens is 1. The molecule has 0 saturated carbocycles. The molecule has 0 aliphatic carbocycles. The van der Waals surface area contributed by atoms with Gasteiger partial charge in [-0.25, -0.2) is 9.78 Å². The third kappa shape index (κ3) is 3.33. The van der Waals surface area contributed by atoms with Gasteiger partial charge in [0.25, 0.3) is 0 Å². The van der Waals surface area contributed by atoms with Crippen molar-refractivity contribution in [3.63, 3.8) is 0 Å². The lowest BCUT2D eigenvalue weighted by Gasteiger charge is -2.01. The summed E-state index contributed by atoms with van der Waals surface area (Å²) in [5.74, 6) is 0.487. The Hall–Kier alpha value is -1.83. The third-order valence-electron chi connectivity index (χ3n) is 3.37. The Kier molecular flexibility index (Phi) is 5.23. The number of nitrogens with zero attached hydrogens (tertiary/aromatic N) is 1. The van der Waals surface area contributed by atoms with E-state index < -0.39 is 0 Å². The standard InChI is InChI=1S/C17H15NO3S3/c1-20-11-6-4-5-10(7-11)13-9-23-15(18-13)12-8-14(16(19)21-2)24-17(12)22-3/h4-9H,1-3H3. The predicted molar refractivity (Wildman–Crippen MR) is 101 cm³/mol. The fourth-order valence-electron chi connectivity index (χ4n) is 2.19. The van der Waals surface area contributed by atoms with Gasteiger partial charge in [0.15, 0.2) is 0 Å². The van der Waals surface area contributed by atoms with Gasteiger partial charge in [-0.3, -0.25) is 0 Å². The first-order valence-corrected chi connectivity index (χ1v) is 9.94. The Labute approximate surface area is 152 Å². The van der Waals surface area contributed by atoms with Crippen LogP contribution in [0.15, 0.2) is 39.9 Å². The monoisotopic (exact) mass is 377 g/mol. The molecule has 0 unspecified atom stereocenters. The van der Waals surface area contributed by atoms with Crippen LogP contribution in [0.3, 0.4) is 0 Å². The molecule has 3 rings (SSSR count). The van der Waals surface area contributed by atoms with E-state index in [1.54, 1.807) is 30.2 Å². The summed E-state index contributed by atoms with van der Waals surface area (Å²) < 4.78 is 11.1. The number of rotatable bonds is 5. The van der Waals surface area contributed by atoms with Gasteiger partial charge in [-0.05, 0) is 24.5 Å². The first-order chi connectivity index (χ1) is 11.7. The molecule has 2 heterocycles. The molecule has 3 aromatic rings. The fraction of sp³-hybridized carbons (Fsp3) is 0.176. The van der Waals surface area contributed by atoms with E-state index in [4.69, 9.17) is 14.5 Å². The van der Waals surface area contributed by atoms with Crippen molar-refractivity contribution in [1.82, 2.24) is 4.98 Å². The van der Waals surface area contributed by atoms with Gasteiger partial charge in [-0.1, -0.05) is 12.1 Å². The number of thiophene rings is 1. The number of esters is 1. The minimum absolute atomic E-state index is 0.314. The van der Waals surface area contributed by atoms with Crippen LogP contribution in [0, 0.1) is 0 Å². The van der Waals surface area contributed by atoms with E-state index in [0.717, 1.165) is 31.8 Å². The van der Waals surface area contributed by atoms with Gasteiger partial charge >= 0.3 is 5.97 Å². The topological polar surface area (TPSA) is 48.4 Å². The van der Waals surface area contributed by atoms with E-state index in [-0.39, 0.29) is 5.97 Å². The normalized spacial score (nSPS) is 10.6. The van der Waals surface area contributed by atoms with Gasteiger partial charge < -0.3 is 9.47 Å². The molecule has 24 heavy (non-hydrogen) atoms. The molecule has 0 spiro atoms. The van der Waals surface area contributed by atoms with Crippen LogP contribution in [0.5, 0.6) is 5.75 Å². The van der Waals surface area contributed by atoms with Crippen LogP contribution >= 0.6 is 34.4 Å². The maximum Gasteiger partial charge on any atom is 0.348 e. The highest BCUT2D eigenvalue weighted by atomic mass is 32.2. The van der Waals surface area contributed by atoms with Crippen LogP contribution in [-0.2, 0) is 4.74 Å². The van der Waals surface area contributed by atoms with Crippen molar-refractivity contribution in [2.45, 2.75) is 4.21 Å². The molecule has 0 fully saturated rings. The van der Waals surface area contributed by atoms with Crippen molar-refractivity contribution in [2.75, 3.05) is 20.5 Å². The minimum Gasteiger partial charge on any atom is -0.497 e. The van der Waals surface area contributed by atoms with Crippen LogP contribution in [0.2, 0.25) is 0 Å². The van der Waals surface area contributed by atoms with Crippen molar-refractivity contribution in [3.05, 3.63) is 40.6 Å². The Bertz CT molecular complexity index is 870. The lowest BCUT2D eigenvalue weighted by atomic mass is 10.1. The highest BCUT2D eigenvalue weighted by molar-refractivity contribution is 8.00. The average Bonchev–Trinajstić information content (AvgIpc) is 3.27. The Morgan fingerprint density at radius 3 is 2.79 bits per heavy atom. The fourth-order valence-corrected chi connectivity index (χ4v) is 4.96. The van der Waals surface area contributed by atoms with Crippen LogP contribution in [-0.4, -0.2) is 31.4 Å². The molecule has 1 aromatic carbocycles. The van der Waals surface area contributed by atoms with Crippen LogP contribution < -0.4 is 4.74 Å². The first-order valence-electron chi connectivity index (χ1n) is 7.02. The van der Waals surface area contributed by atoms with Crippen molar-refractivity contribution in [2.24, 2.45) is 0 Å². The Balaban J connectivity index is 1.98. The number of carbonyl (C=O) groups is 1. The summed E-state index contributed by atoms with van der Waals surface area (Å²) in [5, 5.41) is 2.91. The molecular weight excluding hydrogens is 362 g/mol. The van der Waals surface area contributed by atoms with Crippen molar-refractivity contribution < 1.29 is 14.3 Å². The summed E-state index contributed by atoms with van der Waals surface area (Å²) in [6.07, 6.45) is 1.99. The van der Waals surface area contributed by atoms with Gasteiger partial charge in [0, 0.05) is 16.5 Å². The highest BCUT2D eigenvalue weighted by Gasteiger charge is 2.18. The molecular formula is C17H15NO3S3. The van der Waals surface area contributed by atoms with Crippen molar-refractivity contribution >= 4 is 40.4 Å². The second-order valence-corrected chi connectivity index (χ2v) is 7.76. The Morgan fingerprint density at radius 1 is 1.25 bits per heavy atom. The zero-order valence-corrected chi connectivity index (χ0v) is 15.8. The maximum atomic E-state index is 11.8. The number of ether oxygens (including phenoxy) is 2. The number of thioether (sulfide) groups is 1. The number of methoxy groups -OCH3 is 2. The number of hydrogen-bond donors (Lipinski definition) is 0. The van der Waals surface area contributed by atoms with Crippen molar-refractivity contribution in [1.29, 1.82) is 0 Å². The molecule has 0 aliphatic rings. The summed E-state index contributed by atoms with van der Waals surface area (Å²) in [4.78, 5) is 17.1. The zero-order valence-electron chi connectivity index (χ0n) is 13.4. The van der Waals surface area contributed by atoms with Gasteiger partial charge in [0.1, 0.15) is 15.6 Å². The molecule has 7 heteroatoms. The molecule has 0 aliphatic heterocycles. The molecule has 4 nitrogen and oxygen atoms in total. The molecule has 0 atom stereocenters. The van der Waals surface area contributed by atoms with Crippen LogP contribution in [0.1, 0.15) is 9.67 Å². The average molecular weight is 378 g/mol. The maximum absolute atomic E-state index is 11.8. The van der Waals surface area contributed by atoms with E-state index in [9.17, 15) is 4.79 Å². The lowest BCUT2D eigenvalue weighted by Crippen LogP contribution is -1.96. The Morgan fingerprint density at radius 2 is 2.08 bits per heavy atom. The first kappa shape index (κ1) is 17.0. The number of carbonyl (C=O) groups excluding carboxylic acids is 1. The summed E-state index contributed by atoms with van der Waals surface area (Å²) in [6, 6.07) is 9.67. The molecule has 0 saturated heterocycles. The van der Waals surface area contributed by atoms with Crippen LogP contribution in [0.25, 0.3) is 21.8 Å². The van der Waals surface area contributed by atoms with Gasteiger partial charge in [-0.2, -0.15) is 0 Å². The van der Waals surface area contributed by atoms with E-state index in [1.165, 1.54) is 18.4 Å². The van der Waals surface area contributed by atoms with Crippen molar-refractivity contribution in [3.8, 4) is 27.6 Å². The second kappa shape index (κ2) is 7.38. The summed E-state index contributed by atoms with van der Waals surface area (Å²) in [7, 11) is 3.04. The van der Waals surface area contributed by atoms with Crippen LogP contribution in [0.4, 0.5) is 0 Å². The number of hydrogen-bond acceptors (Lipinski definition) is 7.